The summed E-state index contributed by atoms with van der Waals surface area (Å²) in [6, 6.07) is 0. The van der Waals surface area contributed by atoms with Crippen molar-refractivity contribution in [1.29, 1.82) is 0 Å². The molecule has 0 rings (SSSR count). The Morgan fingerprint density at radius 1 is 1.33 bits per heavy atom. The average Bonchev–Trinajstić information content (AvgIpc) is 1.59. The van der Waals surface area contributed by atoms with Crippen molar-refractivity contribution in [1.82, 2.24) is 0 Å². The number of quaternary nitrogens is 1. The van der Waals surface area contributed by atoms with Gasteiger partial charge in [0.25, 0.3) is 0 Å². The molecular weight excluding hydrogens is 114 g/mol. The van der Waals surface area contributed by atoms with Crippen LogP contribution in [0, 0.1) is 0 Å². The maximum Gasteiger partial charge on any atom is 0.156 e. The summed E-state index contributed by atoms with van der Waals surface area (Å²) in [7, 11) is 6.47. The molecule has 0 aliphatic carbocycles. The maximum absolute atomic E-state index is 7.25. The van der Waals surface area contributed by atoms with Gasteiger partial charge in [0.1, 0.15) is 0 Å². The van der Waals surface area contributed by atoms with E-state index in [1.54, 1.807) is 0 Å². The van der Waals surface area contributed by atoms with Crippen LogP contribution in [0.25, 0.3) is 0 Å². The van der Waals surface area contributed by atoms with Crippen molar-refractivity contribution in [3.05, 3.63) is 0 Å². The van der Waals surface area contributed by atoms with Crippen LogP contribution in [0.4, 0.5) is 0 Å². The second-order valence-corrected chi connectivity index (χ2v) is 3.70. The molecule has 0 radical (unpaired) electrons. The molecule has 2 heteroatoms. The number of hydrogen-bond donors (Lipinski definition) is 0. The fraction of sp³-hybridized carbons (Fsp3) is 1.00. The van der Waals surface area contributed by atoms with E-state index < -0.39 is 0 Å². The quantitative estimate of drug-likeness (QED) is 0.388. The van der Waals surface area contributed by atoms with Gasteiger partial charge in [-0.05, 0) is 0 Å². The summed E-state index contributed by atoms with van der Waals surface area (Å²) in [6.45, 7) is 3.04. The normalized spacial score (nSPS) is 15.7. The predicted molar refractivity (Wildman–Crippen MR) is 40.6 cm³/mol. The molecule has 1 unspecified atom stereocenters. The Morgan fingerprint density at radius 2 is 1.78 bits per heavy atom. The first-order valence-corrected chi connectivity index (χ1v) is 3.43. The Labute approximate surface area is 57.7 Å². The molecule has 0 saturated heterocycles. The molecule has 0 aromatic rings. The highest BCUT2D eigenvalue weighted by molar-refractivity contribution is 4.43. The standard InChI is InChI=1S/C7H18NO/c1-7(9)5-6-8(2,3)4/h7,9H,5-6H2,1-4H3/q+1/p+1. The number of rotatable bonds is 3. The lowest BCUT2D eigenvalue weighted by Gasteiger charge is -2.23. The largest absolute Gasteiger partial charge is 0.443 e. The third-order valence-corrected chi connectivity index (χ3v) is 1.23. The molecule has 0 aromatic carbocycles. The summed E-state index contributed by atoms with van der Waals surface area (Å²) in [6.07, 6.45) is 1.10. The topological polar surface area (TPSA) is 22.9 Å². The smallest absolute Gasteiger partial charge is 0.156 e. The maximum atomic E-state index is 7.25. The van der Waals surface area contributed by atoms with Gasteiger partial charge < -0.3 is 9.59 Å². The molecule has 2 nitrogen and oxygen atoms in total. The van der Waals surface area contributed by atoms with Crippen molar-refractivity contribution in [2.45, 2.75) is 19.4 Å². The Balaban J connectivity index is 3.28. The van der Waals surface area contributed by atoms with E-state index in [0.717, 1.165) is 17.4 Å². The van der Waals surface area contributed by atoms with Crippen LogP contribution in [-0.2, 0) is 0 Å². The second-order valence-electron chi connectivity index (χ2n) is 3.70. The third kappa shape index (κ3) is 7.92. The first kappa shape index (κ1) is 8.92. The SMILES string of the molecule is CC([OH2+])CC[N+](C)(C)C. The van der Waals surface area contributed by atoms with E-state index in [0.29, 0.717) is 0 Å². The highest BCUT2D eigenvalue weighted by Crippen LogP contribution is 1.96. The van der Waals surface area contributed by atoms with Gasteiger partial charge in [0.2, 0.25) is 0 Å². The fourth-order valence-corrected chi connectivity index (χ4v) is 0.581. The van der Waals surface area contributed by atoms with Crippen LogP contribution in [0.3, 0.4) is 0 Å². The zero-order valence-electron chi connectivity index (χ0n) is 6.94. The predicted octanol–water partition coefficient (Wildman–Crippen LogP) is 0.196. The molecule has 0 aliphatic rings. The highest BCUT2D eigenvalue weighted by atomic mass is 16.3. The van der Waals surface area contributed by atoms with Crippen molar-refractivity contribution < 1.29 is 9.59 Å². The molecule has 0 bridgehead atoms. The van der Waals surface area contributed by atoms with Gasteiger partial charge >= 0.3 is 0 Å². The van der Waals surface area contributed by atoms with Gasteiger partial charge in [0, 0.05) is 6.92 Å². The Hall–Kier alpha value is -0.0800. The van der Waals surface area contributed by atoms with E-state index in [1.807, 2.05) is 6.92 Å². The average molecular weight is 133 g/mol. The van der Waals surface area contributed by atoms with Crippen LogP contribution < -0.4 is 0 Å². The zero-order valence-corrected chi connectivity index (χ0v) is 6.94. The lowest BCUT2D eigenvalue weighted by atomic mass is 10.2. The molecular formula is C7H19NO+2. The van der Waals surface area contributed by atoms with E-state index in [4.69, 9.17) is 5.11 Å². The minimum atomic E-state index is 0.0994. The lowest BCUT2D eigenvalue weighted by Crippen LogP contribution is -2.36. The minimum absolute atomic E-state index is 0.0994. The summed E-state index contributed by atoms with van der Waals surface area (Å²) in [5.74, 6) is 0. The number of hydrogen-bond acceptors (Lipinski definition) is 0. The van der Waals surface area contributed by atoms with Crippen LogP contribution in [0.15, 0.2) is 0 Å². The van der Waals surface area contributed by atoms with Crippen LogP contribution in [0.2, 0.25) is 0 Å². The summed E-state index contributed by atoms with van der Waals surface area (Å²) >= 11 is 0. The van der Waals surface area contributed by atoms with Crippen molar-refractivity contribution >= 4 is 0 Å². The van der Waals surface area contributed by atoms with Crippen molar-refractivity contribution in [2.24, 2.45) is 0 Å². The van der Waals surface area contributed by atoms with E-state index in [2.05, 4.69) is 21.1 Å². The van der Waals surface area contributed by atoms with E-state index >= 15 is 0 Å². The fourth-order valence-electron chi connectivity index (χ4n) is 0.581. The third-order valence-electron chi connectivity index (χ3n) is 1.23. The van der Waals surface area contributed by atoms with Crippen LogP contribution >= 0.6 is 0 Å². The van der Waals surface area contributed by atoms with Gasteiger partial charge in [-0.25, -0.2) is 0 Å². The van der Waals surface area contributed by atoms with Gasteiger partial charge in [-0.15, -0.1) is 0 Å². The molecule has 0 heterocycles. The molecule has 0 amide bonds. The summed E-state index contributed by atoms with van der Waals surface area (Å²) in [5.41, 5.74) is 0. The molecule has 0 aliphatic heterocycles. The van der Waals surface area contributed by atoms with Crippen LogP contribution in [0.1, 0.15) is 13.3 Å². The van der Waals surface area contributed by atoms with Gasteiger partial charge in [-0.1, -0.05) is 0 Å². The van der Waals surface area contributed by atoms with Crippen LogP contribution in [0.5, 0.6) is 0 Å². The van der Waals surface area contributed by atoms with Gasteiger partial charge in [0.05, 0.1) is 34.1 Å². The lowest BCUT2D eigenvalue weighted by molar-refractivity contribution is -0.870. The van der Waals surface area contributed by atoms with Crippen molar-refractivity contribution in [3.8, 4) is 0 Å². The molecule has 0 spiro atoms. The molecule has 9 heavy (non-hydrogen) atoms. The van der Waals surface area contributed by atoms with Gasteiger partial charge in [0.15, 0.2) is 6.10 Å². The van der Waals surface area contributed by atoms with Crippen LogP contribution in [-0.4, -0.2) is 43.4 Å². The monoisotopic (exact) mass is 133 g/mol. The van der Waals surface area contributed by atoms with E-state index in [9.17, 15) is 0 Å². The molecule has 0 aromatic heterocycles. The zero-order chi connectivity index (χ0) is 7.49. The Morgan fingerprint density at radius 3 is 1.89 bits per heavy atom. The summed E-state index contributed by atoms with van der Waals surface area (Å²) in [4.78, 5) is 0. The first-order valence-electron chi connectivity index (χ1n) is 3.43. The summed E-state index contributed by atoms with van der Waals surface area (Å²) in [5, 5.41) is 7.25. The second kappa shape index (κ2) is 3.18. The Bertz CT molecular complexity index is 73.5. The molecule has 0 saturated carbocycles. The summed E-state index contributed by atoms with van der Waals surface area (Å²) < 4.78 is 0.975. The van der Waals surface area contributed by atoms with Crippen molar-refractivity contribution in [3.63, 3.8) is 0 Å². The molecule has 0 fully saturated rings. The molecule has 1 atom stereocenters. The van der Waals surface area contributed by atoms with E-state index in [1.165, 1.54) is 0 Å². The number of nitrogens with zero attached hydrogens (tertiary/aromatic N) is 1. The van der Waals surface area contributed by atoms with Crippen molar-refractivity contribution in [2.75, 3.05) is 27.7 Å². The highest BCUT2D eigenvalue weighted by Gasteiger charge is 2.09. The van der Waals surface area contributed by atoms with E-state index in [-0.39, 0.29) is 6.10 Å². The molecule has 2 N–H and O–H groups in total. The first-order chi connectivity index (χ1) is 3.92. The minimum Gasteiger partial charge on any atom is -0.443 e. The van der Waals surface area contributed by atoms with Gasteiger partial charge in [-0.3, -0.25) is 0 Å². The molecule has 56 valence electrons. The van der Waals surface area contributed by atoms with Gasteiger partial charge in [-0.2, -0.15) is 0 Å². The Kier molecular flexibility index (Phi) is 3.15.